The van der Waals surface area contributed by atoms with E-state index in [2.05, 4.69) is 5.32 Å². The first-order chi connectivity index (χ1) is 10.0. The Labute approximate surface area is 145 Å². The quantitative estimate of drug-likeness (QED) is 0.580. The molecule has 0 spiro atoms. The Morgan fingerprint density at radius 2 is 2.05 bits per heavy atom. The van der Waals surface area contributed by atoms with Gasteiger partial charge in [-0.05, 0) is 35.2 Å². The van der Waals surface area contributed by atoms with Crippen LogP contribution in [0.5, 0.6) is 0 Å². The number of benzene rings is 1. The molecule has 0 bridgehead atoms. The molecular formula is C14H7Cl2NOS3. The Morgan fingerprint density at radius 3 is 2.71 bits per heavy atom. The number of carbonyl (C=O) groups is 1. The number of amides is 1. The van der Waals surface area contributed by atoms with Crippen molar-refractivity contribution in [3.05, 3.63) is 49.5 Å². The molecule has 1 aliphatic rings. The van der Waals surface area contributed by atoms with Gasteiger partial charge in [-0.25, -0.2) is 0 Å². The predicted octanol–water partition coefficient (Wildman–Crippen LogP) is 5.21. The van der Waals surface area contributed by atoms with Gasteiger partial charge in [-0.15, -0.1) is 11.3 Å². The Kier molecular flexibility index (Phi) is 4.38. The number of carbonyl (C=O) groups excluding carboxylic acids is 1. The molecule has 2 aromatic rings. The molecule has 21 heavy (non-hydrogen) atoms. The summed E-state index contributed by atoms with van der Waals surface area (Å²) in [5.74, 6) is -0.149. The summed E-state index contributed by atoms with van der Waals surface area (Å²) in [7, 11) is 0. The molecular weight excluding hydrogens is 365 g/mol. The van der Waals surface area contributed by atoms with Crippen molar-refractivity contribution in [2.24, 2.45) is 0 Å². The van der Waals surface area contributed by atoms with Crippen LogP contribution in [0.4, 0.5) is 0 Å². The molecule has 3 rings (SSSR count). The molecule has 0 aliphatic carbocycles. The minimum atomic E-state index is -0.149. The highest BCUT2D eigenvalue weighted by Gasteiger charge is 2.22. The highest BCUT2D eigenvalue weighted by Crippen LogP contribution is 2.35. The van der Waals surface area contributed by atoms with E-state index in [1.165, 1.54) is 11.8 Å². The van der Waals surface area contributed by atoms with Gasteiger partial charge < -0.3 is 5.32 Å². The number of hydrogen-bond donors (Lipinski definition) is 1. The summed E-state index contributed by atoms with van der Waals surface area (Å²) in [6.45, 7) is 0. The molecule has 1 aromatic carbocycles. The largest absolute Gasteiger partial charge is 0.307 e. The van der Waals surface area contributed by atoms with Crippen molar-refractivity contribution in [3.8, 4) is 11.1 Å². The summed E-state index contributed by atoms with van der Waals surface area (Å²) in [6.07, 6.45) is 1.83. The molecule has 2 nitrogen and oxygen atoms in total. The number of nitrogens with one attached hydrogen (secondary N) is 1. The molecule has 0 saturated carbocycles. The van der Waals surface area contributed by atoms with Gasteiger partial charge in [-0.2, -0.15) is 0 Å². The molecule has 1 fully saturated rings. The van der Waals surface area contributed by atoms with Crippen molar-refractivity contribution in [1.82, 2.24) is 5.32 Å². The Hall–Kier alpha value is -0.850. The second-order valence-electron chi connectivity index (χ2n) is 4.21. The van der Waals surface area contributed by atoms with Gasteiger partial charge in [0.1, 0.15) is 4.32 Å². The van der Waals surface area contributed by atoms with Gasteiger partial charge in [0, 0.05) is 20.5 Å². The van der Waals surface area contributed by atoms with Gasteiger partial charge in [0.25, 0.3) is 5.91 Å². The van der Waals surface area contributed by atoms with Crippen LogP contribution >= 0.6 is 58.5 Å². The number of rotatable bonds is 2. The number of thioether (sulfide) groups is 1. The van der Waals surface area contributed by atoms with E-state index in [9.17, 15) is 4.79 Å². The van der Waals surface area contributed by atoms with Crippen LogP contribution in [-0.4, -0.2) is 10.2 Å². The smallest absolute Gasteiger partial charge is 0.263 e. The summed E-state index contributed by atoms with van der Waals surface area (Å²) in [5, 5.41) is 5.81. The fourth-order valence-corrected chi connectivity index (χ4v) is 4.31. The second-order valence-corrected chi connectivity index (χ2v) is 7.72. The number of thiocarbonyl (C=S) groups is 1. The van der Waals surface area contributed by atoms with Crippen molar-refractivity contribution in [2.75, 3.05) is 0 Å². The Morgan fingerprint density at radius 1 is 1.24 bits per heavy atom. The predicted molar refractivity (Wildman–Crippen MR) is 96.1 cm³/mol. The molecule has 7 heteroatoms. The first kappa shape index (κ1) is 15.1. The number of hydrogen-bond acceptors (Lipinski definition) is 4. The van der Waals surface area contributed by atoms with E-state index in [-0.39, 0.29) is 5.91 Å². The van der Waals surface area contributed by atoms with E-state index in [0.717, 1.165) is 16.0 Å². The fourth-order valence-electron chi connectivity index (χ4n) is 1.84. The van der Waals surface area contributed by atoms with Gasteiger partial charge in [0.2, 0.25) is 0 Å². The molecule has 1 saturated heterocycles. The first-order valence-corrected chi connectivity index (χ1v) is 8.68. The molecule has 1 amide bonds. The van der Waals surface area contributed by atoms with Gasteiger partial charge in [0.05, 0.1) is 4.91 Å². The maximum Gasteiger partial charge on any atom is 0.263 e. The summed E-state index contributed by atoms with van der Waals surface area (Å²) in [6, 6.07) is 7.39. The monoisotopic (exact) mass is 371 g/mol. The number of halogens is 2. The second kappa shape index (κ2) is 6.10. The topological polar surface area (TPSA) is 29.1 Å². The van der Waals surface area contributed by atoms with Crippen LogP contribution in [0.3, 0.4) is 0 Å². The third-order valence-corrected chi connectivity index (χ3v) is 5.37. The summed E-state index contributed by atoms with van der Waals surface area (Å²) < 4.78 is 0.490. The average molecular weight is 372 g/mol. The van der Waals surface area contributed by atoms with E-state index < -0.39 is 0 Å². The highest BCUT2D eigenvalue weighted by molar-refractivity contribution is 8.26. The van der Waals surface area contributed by atoms with E-state index in [4.69, 9.17) is 35.4 Å². The maximum absolute atomic E-state index is 11.6. The van der Waals surface area contributed by atoms with Crippen molar-refractivity contribution in [1.29, 1.82) is 0 Å². The summed E-state index contributed by atoms with van der Waals surface area (Å²) in [4.78, 5) is 13.2. The molecule has 0 radical (unpaired) electrons. The lowest BCUT2D eigenvalue weighted by Gasteiger charge is -2.01. The lowest BCUT2D eigenvalue weighted by molar-refractivity contribution is -0.115. The Balaban J connectivity index is 1.92. The Bertz CT molecular complexity index is 782. The van der Waals surface area contributed by atoms with E-state index in [1.807, 2.05) is 23.6 Å². The first-order valence-electron chi connectivity index (χ1n) is 5.82. The highest BCUT2D eigenvalue weighted by atomic mass is 35.5. The van der Waals surface area contributed by atoms with Crippen LogP contribution in [-0.2, 0) is 4.79 Å². The average Bonchev–Trinajstić information content (AvgIpc) is 2.97. The van der Waals surface area contributed by atoms with Gasteiger partial charge in [-0.3, -0.25) is 4.79 Å². The number of thiophene rings is 1. The SMILES string of the molecule is O=C1NC(=S)S/C1=C\c1cc(-c2ccc(Cl)cc2Cl)cs1. The summed E-state index contributed by atoms with van der Waals surface area (Å²) >= 11 is 19.9. The summed E-state index contributed by atoms with van der Waals surface area (Å²) in [5.41, 5.74) is 1.92. The van der Waals surface area contributed by atoms with Crippen molar-refractivity contribution < 1.29 is 4.79 Å². The maximum atomic E-state index is 11.6. The third-order valence-electron chi connectivity index (χ3n) is 2.78. The van der Waals surface area contributed by atoms with E-state index in [1.54, 1.807) is 23.5 Å². The zero-order chi connectivity index (χ0) is 15.0. The normalized spacial score (nSPS) is 16.6. The molecule has 1 aliphatic heterocycles. The molecule has 1 aromatic heterocycles. The molecule has 2 heterocycles. The lowest BCUT2D eigenvalue weighted by Crippen LogP contribution is -2.17. The van der Waals surface area contributed by atoms with Crippen LogP contribution in [0.25, 0.3) is 17.2 Å². The lowest BCUT2D eigenvalue weighted by atomic mass is 10.1. The van der Waals surface area contributed by atoms with E-state index in [0.29, 0.717) is 19.3 Å². The van der Waals surface area contributed by atoms with Gasteiger partial charge in [-0.1, -0.05) is 53.2 Å². The zero-order valence-electron chi connectivity index (χ0n) is 10.4. The third kappa shape index (κ3) is 3.33. The van der Waals surface area contributed by atoms with Crippen molar-refractivity contribution in [3.63, 3.8) is 0 Å². The van der Waals surface area contributed by atoms with E-state index >= 15 is 0 Å². The minimum Gasteiger partial charge on any atom is -0.307 e. The standard InChI is InChI=1S/C14H7Cl2NOS3/c15-8-1-2-10(11(16)4-8)7-3-9(20-6-7)5-12-13(18)17-14(19)21-12/h1-6H,(H,17,18,19)/b12-5-. The molecule has 1 N–H and O–H groups in total. The molecule has 106 valence electrons. The van der Waals surface area contributed by atoms with Crippen LogP contribution in [0.1, 0.15) is 4.88 Å². The minimum absolute atomic E-state index is 0.149. The zero-order valence-corrected chi connectivity index (χ0v) is 14.3. The van der Waals surface area contributed by atoms with Crippen molar-refractivity contribution >= 4 is 74.8 Å². The van der Waals surface area contributed by atoms with Gasteiger partial charge in [0.15, 0.2) is 0 Å². The van der Waals surface area contributed by atoms with Crippen LogP contribution in [0.15, 0.2) is 34.6 Å². The molecule has 0 unspecified atom stereocenters. The fraction of sp³-hybridized carbons (Fsp3) is 0. The van der Waals surface area contributed by atoms with Crippen molar-refractivity contribution in [2.45, 2.75) is 0 Å². The van der Waals surface area contributed by atoms with Crippen LogP contribution in [0, 0.1) is 0 Å². The van der Waals surface area contributed by atoms with Gasteiger partial charge >= 0.3 is 0 Å². The van der Waals surface area contributed by atoms with Crippen LogP contribution < -0.4 is 5.32 Å². The molecule has 0 atom stereocenters. The van der Waals surface area contributed by atoms with Crippen LogP contribution in [0.2, 0.25) is 10.0 Å².